The molecule has 1 aromatic rings. The number of hydrogen-bond donors (Lipinski definition) is 3. The lowest BCUT2D eigenvalue weighted by Gasteiger charge is -2.26. The van der Waals surface area contributed by atoms with Gasteiger partial charge in [0.05, 0.1) is 0 Å². The van der Waals surface area contributed by atoms with Gasteiger partial charge >= 0.3 is 0 Å². The fraction of sp³-hybridized carbons (Fsp3) is 0.611. The third-order valence-electron chi connectivity index (χ3n) is 4.19. The van der Waals surface area contributed by atoms with Gasteiger partial charge in [-0.05, 0) is 45.0 Å². The van der Waals surface area contributed by atoms with Crippen LogP contribution < -0.4 is 16.0 Å². The van der Waals surface area contributed by atoms with E-state index in [1.54, 1.807) is 13.1 Å². The van der Waals surface area contributed by atoms with Gasteiger partial charge in [0.15, 0.2) is 5.96 Å². The SMILES string of the molecule is CN=C(NCCC(=O)Nc1cccc(C)n1)NCCN1CCCCC1.I. The molecule has 0 spiro atoms. The summed E-state index contributed by atoms with van der Waals surface area (Å²) in [6.07, 6.45) is 4.32. The van der Waals surface area contributed by atoms with E-state index in [2.05, 4.69) is 30.8 Å². The Labute approximate surface area is 173 Å². The van der Waals surface area contributed by atoms with E-state index >= 15 is 0 Å². The normalized spacial score (nSPS) is 15.1. The van der Waals surface area contributed by atoms with Gasteiger partial charge in [-0.3, -0.25) is 9.79 Å². The fourth-order valence-electron chi connectivity index (χ4n) is 2.85. The lowest BCUT2D eigenvalue weighted by atomic mass is 10.1. The molecule has 2 rings (SSSR count). The average Bonchev–Trinajstić information content (AvgIpc) is 2.61. The topological polar surface area (TPSA) is 81.6 Å². The maximum absolute atomic E-state index is 12.0. The minimum atomic E-state index is -0.0608. The largest absolute Gasteiger partial charge is 0.356 e. The number of hydrogen-bond acceptors (Lipinski definition) is 4. The van der Waals surface area contributed by atoms with Crippen LogP contribution in [0.4, 0.5) is 5.82 Å². The van der Waals surface area contributed by atoms with E-state index in [1.807, 2.05) is 19.1 Å². The highest BCUT2D eigenvalue weighted by molar-refractivity contribution is 14.0. The van der Waals surface area contributed by atoms with E-state index in [9.17, 15) is 4.79 Å². The van der Waals surface area contributed by atoms with Crippen molar-refractivity contribution in [2.45, 2.75) is 32.6 Å². The molecule has 0 aromatic carbocycles. The average molecular weight is 474 g/mol. The first-order valence-electron chi connectivity index (χ1n) is 9.08. The smallest absolute Gasteiger partial charge is 0.227 e. The minimum absolute atomic E-state index is 0. The molecule has 26 heavy (non-hydrogen) atoms. The molecule has 1 saturated heterocycles. The first-order chi connectivity index (χ1) is 12.2. The van der Waals surface area contributed by atoms with Crippen molar-refractivity contribution in [3.05, 3.63) is 23.9 Å². The molecule has 0 aliphatic carbocycles. The van der Waals surface area contributed by atoms with E-state index in [0.717, 1.165) is 24.7 Å². The molecule has 0 bridgehead atoms. The van der Waals surface area contributed by atoms with Gasteiger partial charge in [0.25, 0.3) is 0 Å². The van der Waals surface area contributed by atoms with E-state index in [4.69, 9.17) is 0 Å². The van der Waals surface area contributed by atoms with Gasteiger partial charge < -0.3 is 20.9 Å². The number of pyridine rings is 1. The number of rotatable bonds is 7. The molecule has 2 heterocycles. The van der Waals surface area contributed by atoms with Crippen molar-refractivity contribution in [1.29, 1.82) is 0 Å². The quantitative estimate of drug-likeness (QED) is 0.320. The van der Waals surface area contributed by atoms with Crippen LogP contribution in [-0.4, -0.2) is 61.5 Å². The van der Waals surface area contributed by atoms with E-state index in [-0.39, 0.29) is 29.9 Å². The highest BCUT2D eigenvalue weighted by Crippen LogP contribution is 2.07. The Hall–Kier alpha value is -1.42. The maximum Gasteiger partial charge on any atom is 0.227 e. The lowest BCUT2D eigenvalue weighted by Crippen LogP contribution is -2.43. The molecule has 0 saturated carbocycles. The number of likely N-dealkylation sites (tertiary alicyclic amines) is 1. The number of carbonyl (C=O) groups excluding carboxylic acids is 1. The van der Waals surface area contributed by atoms with Crippen molar-refractivity contribution in [1.82, 2.24) is 20.5 Å². The minimum Gasteiger partial charge on any atom is -0.356 e. The first kappa shape index (κ1) is 22.6. The number of carbonyl (C=O) groups is 1. The number of aromatic nitrogens is 1. The van der Waals surface area contributed by atoms with E-state index in [0.29, 0.717) is 18.8 Å². The Morgan fingerprint density at radius 3 is 2.62 bits per heavy atom. The molecule has 8 heteroatoms. The summed E-state index contributed by atoms with van der Waals surface area (Å²) in [4.78, 5) is 22.9. The van der Waals surface area contributed by atoms with Crippen LogP contribution >= 0.6 is 24.0 Å². The second kappa shape index (κ2) is 12.9. The van der Waals surface area contributed by atoms with E-state index in [1.165, 1.54) is 32.4 Å². The summed E-state index contributed by atoms with van der Waals surface area (Å²) in [5, 5.41) is 9.28. The van der Waals surface area contributed by atoms with Crippen LogP contribution in [0.2, 0.25) is 0 Å². The lowest BCUT2D eigenvalue weighted by molar-refractivity contribution is -0.116. The molecule has 1 aliphatic rings. The summed E-state index contributed by atoms with van der Waals surface area (Å²) in [5.74, 6) is 1.27. The van der Waals surface area contributed by atoms with Crippen molar-refractivity contribution in [2.75, 3.05) is 45.1 Å². The number of anilines is 1. The van der Waals surface area contributed by atoms with Crippen molar-refractivity contribution >= 4 is 41.7 Å². The number of piperidine rings is 1. The second-order valence-electron chi connectivity index (χ2n) is 6.29. The number of halogens is 1. The second-order valence-corrected chi connectivity index (χ2v) is 6.29. The molecule has 0 unspecified atom stereocenters. The Bertz CT molecular complexity index is 575. The Balaban J connectivity index is 0.00000338. The van der Waals surface area contributed by atoms with Crippen molar-refractivity contribution in [2.24, 2.45) is 4.99 Å². The van der Waals surface area contributed by atoms with Gasteiger partial charge in [-0.1, -0.05) is 12.5 Å². The predicted molar refractivity (Wildman–Crippen MR) is 117 cm³/mol. The van der Waals surface area contributed by atoms with Crippen LogP contribution in [0.25, 0.3) is 0 Å². The van der Waals surface area contributed by atoms with Gasteiger partial charge in [-0.25, -0.2) is 4.98 Å². The fourth-order valence-corrected chi connectivity index (χ4v) is 2.85. The van der Waals surface area contributed by atoms with Crippen LogP contribution in [-0.2, 0) is 4.79 Å². The summed E-state index contributed by atoms with van der Waals surface area (Å²) in [6, 6.07) is 5.57. The molecule has 1 fully saturated rings. The number of nitrogens with one attached hydrogen (secondary N) is 3. The Morgan fingerprint density at radius 2 is 1.92 bits per heavy atom. The van der Waals surface area contributed by atoms with Crippen molar-refractivity contribution in [3.8, 4) is 0 Å². The maximum atomic E-state index is 12.0. The highest BCUT2D eigenvalue weighted by atomic mass is 127. The predicted octanol–water partition coefficient (Wildman–Crippen LogP) is 1.99. The summed E-state index contributed by atoms with van der Waals surface area (Å²) in [7, 11) is 1.74. The summed E-state index contributed by atoms with van der Waals surface area (Å²) in [6.45, 7) is 6.71. The monoisotopic (exact) mass is 474 g/mol. The summed E-state index contributed by atoms with van der Waals surface area (Å²) >= 11 is 0. The van der Waals surface area contributed by atoms with Crippen LogP contribution in [0.1, 0.15) is 31.4 Å². The molecule has 1 aromatic heterocycles. The molecule has 0 atom stereocenters. The van der Waals surface area contributed by atoms with Crippen LogP contribution in [0, 0.1) is 6.92 Å². The Kier molecular flexibility index (Phi) is 11.2. The number of guanidine groups is 1. The Morgan fingerprint density at radius 1 is 1.19 bits per heavy atom. The molecule has 146 valence electrons. The number of aliphatic imine (C=N–C) groups is 1. The summed E-state index contributed by atoms with van der Waals surface area (Å²) < 4.78 is 0. The zero-order valence-corrected chi connectivity index (χ0v) is 18.1. The van der Waals surface area contributed by atoms with Gasteiger partial charge in [-0.2, -0.15) is 0 Å². The van der Waals surface area contributed by atoms with Crippen LogP contribution in [0.15, 0.2) is 23.2 Å². The number of amides is 1. The molecular formula is C18H31IN6O. The van der Waals surface area contributed by atoms with Crippen molar-refractivity contribution in [3.63, 3.8) is 0 Å². The molecule has 1 aliphatic heterocycles. The third kappa shape index (κ3) is 8.79. The third-order valence-corrected chi connectivity index (χ3v) is 4.19. The standard InChI is InChI=1S/C18H30N6O.HI/c1-15-7-6-8-16(22-15)23-17(25)9-10-20-18(19-2)21-11-14-24-12-4-3-5-13-24;/h6-8H,3-5,9-14H2,1-2H3,(H2,19,20,21)(H,22,23,25);1H. The molecule has 3 N–H and O–H groups in total. The van der Waals surface area contributed by atoms with Gasteiger partial charge in [0, 0.05) is 38.8 Å². The molecular weight excluding hydrogens is 443 g/mol. The zero-order chi connectivity index (χ0) is 17.9. The van der Waals surface area contributed by atoms with Gasteiger partial charge in [0.1, 0.15) is 5.82 Å². The summed E-state index contributed by atoms with van der Waals surface area (Å²) in [5.41, 5.74) is 0.884. The number of nitrogens with zero attached hydrogens (tertiary/aromatic N) is 3. The molecule has 7 nitrogen and oxygen atoms in total. The number of aryl methyl sites for hydroxylation is 1. The first-order valence-corrected chi connectivity index (χ1v) is 9.08. The van der Waals surface area contributed by atoms with Gasteiger partial charge in [0.2, 0.25) is 5.91 Å². The molecule has 0 radical (unpaired) electrons. The van der Waals surface area contributed by atoms with Crippen LogP contribution in [0.3, 0.4) is 0 Å². The molecule has 1 amide bonds. The van der Waals surface area contributed by atoms with Gasteiger partial charge in [-0.15, -0.1) is 24.0 Å². The van der Waals surface area contributed by atoms with Crippen LogP contribution in [0.5, 0.6) is 0 Å². The highest BCUT2D eigenvalue weighted by Gasteiger charge is 2.09. The van der Waals surface area contributed by atoms with Crippen molar-refractivity contribution < 1.29 is 4.79 Å². The zero-order valence-electron chi connectivity index (χ0n) is 15.8. The van der Waals surface area contributed by atoms with E-state index < -0.39 is 0 Å².